The van der Waals surface area contributed by atoms with Crippen LogP contribution < -0.4 is 5.32 Å². The minimum absolute atomic E-state index is 0.706. The number of ether oxygens (including phenoxy) is 1. The summed E-state index contributed by atoms with van der Waals surface area (Å²) in [6, 6.07) is 1.46. The molecule has 3 nitrogen and oxygen atoms in total. The van der Waals surface area contributed by atoms with Crippen LogP contribution in [0.2, 0.25) is 0 Å². The van der Waals surface area contributed by atoms with E-state index in [1.54, 1.807) is 7.11 Å². The molecular formula is C17H34N2O. The zero-order chi connectivity index (χ0) is 14.2. The number of unbranched alkanes of at least 4 members (excludes halogenated alkanes) is 2. The molecule has 1 saturated carbocycles. The Balaban J connectivity index is 1.70. The standard InChI is InChI=1S/C17H34N2O/c1-15-13-18-17(16-9-5-3-6-10-16)14-19(15)11-7-4-8-12-20-2/h15-18H,3-14H2,1-2H3. The van der Waals surface area contributed by atoms with Gasteiger partial charge in [-0.15, -0.1) is 0 Å². The maximum atomic E-state index is 5.13. The maximum absolute atomic E-state index is 5.13. The average Bonchev–Trinajstić information content (AvgIpc) is 2.49. The Morgan fingerprint density at radius 1 is 1.10 bits per heavy atom. The second-order valence-electron chi connectivity index (χ2n) is 6.81. The van der Waals surface area contributed by atoms with E-state index in [-0.39, 0.29) is 0 Å². The minimum atomic E-state index is 0.706. The van der Waals surface area contributed by atoms with E-state index in [9.17, 15) is 0 Å². The molecule has 0 aromatic rings. The predicted octanol–water partition coefficient (Wildman–Crippen LogP) is 3.05. The average molecular weight is 282 g/mol. The lowest BCUT2D eigenvalue weighted by Gasteiger charge is -2.43. The van der Waals surface area contributed by atoms with Crippen LogP contribution in [0.25, 0.3) is 0 Å². The summed E-state index contributed by atoms with van der Waals surface area (Å²) >= 11 is 0. The van der Waals surface area contributed by atoms with Gasteiger partial charge in [0.15, 0.2) is 0 Å². The summed E-state index contributed by atoms with van der Waals surface area (Å²) in [5.74, 6) is 0.937. The van der Waals surface area contributed by atoms with Crippen LogP contribution in [-0.2, 0) is 4.74 Å². The van der Waals surface area contributed by atoms with Crippen LogP contribution in [0.15, 0.2) is 0 Å². The van der Waals surface area contributed by atoms with Crippen molar-refractivity contribution in [3.05, 3.63) is 0 Å². The zero-order valence-corrected chi connectivity index (χ0v) is 13.6. The Morgan fingerprint density at radius 2 is 1.90 bits per heavy atom. The van der Waals surface area contributed by atoms with E-state index in [1.807, 2.05) is 0 Å². The fraction of sp³-hybridized carbons (Fsp3) is 1.00. The van der Waals surface area contributed by atoms with Crippen LogP contribution in [0, 0.1) is 5.92 Å². The molecule has 0 amide bonds. The number of nitrogens with zero attached hydrogens (tertiary/aromatic N) is 1. The van der Waals surface area contributed by atoms with Gasteiger partial charge in [-0.25, -0.2) is 0 Å². The third-order valence-corrected chi connectivity index (χ3v) is 5.24. The summed E-state index contributed by atoms with van der Waals surface area (Å²) in [5, 5.41) is 3.82. The highest BCUT2D eigenvalue weighted by atomic mass is 16.5. The van der Waals surface area contributed by atoms with Crippen molar-refractivity contribution in [2.75, 3.05) is 33.4 Å². The summed E-state index contributed by atoms with van der Waals surface area (Å²) in [6.07, 6.45) is 11.1. The molecule has 0 aromatic heterocycles. The molecular weight excluding hydrogens is 248 g/mol. The van der Waals surface area contributed by atoms with Gasteiger partial charge >= 0.3 is 0 Å². The lowest BCUT2D eigenvalue weighted by molar-refractivity contribution is 0.101. The van der Waals surface area contributed by atoms with Crippen molar-refractivity contribution in [2.24, 2.45) is 5.92 Å². The molecule has 20 heavy (non-hydrogen) atoms. The lowest BCUT2D eigenvalue weighted by Crippen LogP contribution is -2.58. The normalized spacial score (nSPS) is 29.7. The van der Waals surface area contributed by atoms with E-state index in [1.165, 1.54) is 71.0 Å². The largest absolute Gasteiger partial charge is 0.385 e. The highest BCUT2D eigenvalue weighted by Crippen LogP contribution is 2.28. The quantitative estimate of drug-likeness (QED) is 0.726. The van der Waals surface area contributed by atoms with E-state index in [0.29, 0.717) is 6.04 Å². The maximum Gasteiger partial charge on any atom is 0.0462 e. The molecule has 1 heterocycles. The first-order valence-corrected chi connectivity index (χ1v) is 8.77. The summed E-state index contributed by atoms with van der Waals surface area (Å²) in [6.45, 7) is 7.02. The molecule has 2 fully saturated rings. The third-order valence-electron chi connectivity index (χ3n) is 5.24. The molecule has 2 aliphatic rings. The van der Waals surface area contributed by atoms with E-state index < -0.39 is 0 Å². The van der Waals surface area contributed by atoms with Crippen LogP contribution in [0.4, 0.5) is 0 Å². The van der Waals surface area contributed by atoms with Crippen LogP contribution in [-0.4, -0.2) is 50.3 Å². The van der Waals surface area contributed by atoms with Crippen molar-refractivity contribution in [2.45, 2.75) is 70.4 Å². The molecule has 1 N–H and O–H groups in total. The van der Waals surface area contributed by atoms with Gasteiger partial charge in [0.1, 0.15) is 0 Å². The van der Waals surface area contributed by atoms with Gasteiger partial charge in [0.2, 0.25) is 0 Å². The van der Waals surface area contributed by atoms with Crippen LogP contribution in [0.3, 0.4) is 0 Å². The van der Waals surface area contributed by atoms with Gasteiger partial charge in [0.25, 0.3) is 0 Å². The van der Waals surface area contributed by atoms with Crippen molar-refractivity contribution in [1.29, 1.82) is 0 Å². The van der Waals surface area contributed by atoms with Gasteiger partial charge in [0, 0.05) is 38.9 Å². The fourth-order valence-electron chi connectivity index (χ4n) is 3.85. The third kappa shape index (κ3) is 5.01. The minimum Gasteiger partial charge on any atom is -0.385 e. The Kier molecular flexibility index (Phi) is 7.32. The van der Waals surface area contributed by atoms with Crippen molar-refractivity contribution in [3.63, 3.8) is 0 Å². The smallest absolute Gasteiger partial charge is 0.0462 e. The second-order valence-corrected chi connectivity index (χ2v) is 6.81. The monoisotopic (exact) mass is 282 g/mol. The molecule has 1 saturated heterocycles. The van der Waals surface area contributed by atoms with Gasteiger partial charge in [-0.1, -0.05) is 19.3 Å². The molecule has 0 radical (unpaired) electrons. The van der Waals surface area contributed by atoms with E-state index in [2.05, 4.69) is 17.1 Å². The molecule has 118 valence electrons. The van der Waals surface area contributed by atoms with Gasteiger partial charge in [-0.3, -0.25) is 4.90 Å². The topological polar surface area (TPSA) is 24.5 Å². The van der Waals surface area contributed by atoms with Crippen molar-refractivity contribution in [3.8, 4) is 0 Å². The molecule has 1 aliphatic carbocycles. The van der Waals surface area contributed by atoms with Gasteiger partial charge < -0.3 is 10.1 Å². The molecule has 0 spiro atoms. The number of nitrogens with one attached hydrogen (secondary N) is 1. The molecule has 1 aliphatic heterocycles. The first-order chi connectivity index (χ1) is 9.81. The summed E-state index contributed by atoms with van der Waals surface area (Å²) in [5.41, 5.74) is 0. The number of hydrogen-bond donors (Lipinski definition) is 1. The number of hydrogen-bond acceptors (Lipinski definition) is 3. The Bertz CT molecular complexity index is 253. The summed E-state index contributed by atoms with van der Waals surface area (Å²) < 4.78 is 5.13. The molecule has 0 bridgehead atoms. The van der Waals surface area contributed by atoms with Crippen LogP contribution in [0.5, 0.6) is 0 Å². The first kappa shape index (κ1) is 16.3. The highest BCUT2D eigenvalue weighted by Gasteiger charge is 2.30. The number of piperazine rings is 1. The van der Waals surface area contributed by atoms with Gasteiger partial charge in [-0.05, 0) is 51.5 Å². The Labute approximate surface area is 125 Å². The van der Waals surface area contributed by atoms with E-state index in [4.69, 9.17) is 4.74 Å². The molecule has 0 aromatic carbocycles. The highest BCUT2D eigenvalue weighted by molar-refractivity contribution is 4.89. The number of methoxy groups -OCH3 is 1. The van der Waals surface area contributed by atoms with Crippen molar-refractivity contribution in [1.82, 2.24) is 10.2 Å². The first-order valence-electron chi connectivity index (χ1n) is 8.77. The van der Waals surface area contributed by atoms with Crippen molar-refractivity contribution >= 4 is 0 Å². The van der Waals surface area contributed by atoms with E-state index in [0.717, 1.165) is 18.6 Å². The SMILES string of the molecule is COCCCCCN1CC(C2CCCCC2)NCC1C. The molecule has 2 rings (SSSR count). The van der Waals surface area contributed by atoms with Crippen LogP contribution >= 0.6 is 0 Å². The summed E-state index contributed by atoms with van der Waals surface area (Å²) in [4.78, 5) is 2.72. The van der Waals surface area contributed by atoms with E-state index >= 15 is 0 Å². The molecule has 2 unspecified atom stereocenters. The lowest BCUT2D eigenvalue weighted by atomic mass is 9.82. The summed E-state index contributed by atoms with van der Waals surface area (Å²) in [7, 11) is 1.80. The van der Waals surface area contributed by atoms with Gasteiger partial charge in [0.05, 0.1) is 0 Å². The van der Waals surface area contributed by atoms with Crippen molar-refractivity contribution < 1.29 is 4.74 Å². The predicted molar refractivity (Wildman–Crippen MR) is 85.1 cm³/mol. The fourth-order valence-corrected chi connectivity index (χ4v) is 3.85. The van der Waals surface area contributed by atoms with Crippen LogP contribution in [0.1, 0.15) is 58.3 Å². The Morgan fingerprint density at radius 3 is 2.65 bits per heavy atom. The number of rotatable bonds is 7. The second kappa shape index (κ2) is 9.01. The molecule has 2 atom stereocenters. The molecule has 3 heteroatoms. The van der Waals surface area contributed by atoms with Gasteiger partial charge in [-0.2, -0.15) is 0 Å². The Hall–Kier alpha value is -0.120. The zero-order valence-electron chi connectivity index (χ0n) is 13.6.